The third-order valence-corrected chi connectivity index (χ3v) is 4.02. The predicted molar refractivity (Wildman–Crippen MR) is 90.8 cm³/mol. The van der Waals surface area contributed by atoms with Crippen LogP contribution in [0.1, 0.15) is 9.75 Å². The van der Waals surface area contributed by atoms with E-state index in [9.17, 15) is 10.1 Å². The highest BCUT2D eigenvalue weighted by atomic mass is 32.1. The maximum atomic E-state index is 12.3. The summed E-state index contributed by atoms with van der Waals surface area (Å²) in [6, 6.07) is 10.8. The molecule has 118 valence electrons. The molecule has 0 bridgehead atoms. The van der Waals surface area contributed by atoms with E-state index < -0.39 is 5.91 Å². The number of anilines is 1. The highest BCUT2D eigenvalue weighted by Gasteiger charge is 2.13. The minimum Gasteiger partial charge on any atom is -0.497 e. The Hall–Kier alpha value is -2.78. The zero-order chi connectivity index (χ0) is 16.8. The first-order valence-corrected chi connectivity index (χ1v) is 7.60. The summed E-state index contributed by atoms with van der Waals surface area (Å²) in [6.07, 6.45) is 1.57. The Balaban J connectivity index is 2.26. The van der Waals surface area contributed by atoms with Gasteiger partial charge in [0.05, 0.1) is 19.9 Å². The average molecular weight is 328 g/mol. The molecule has 1 N–H and O–H groups in total. The Morgan fingerprint density at radius 1 is 1.26 bits per heavy atom. The zero-order valence-electron chi connectivity index (χ0n) is 13.0. The van der Waals surface area contributed by atoms with Crippen molar-refractivity contribution < 1.29 is 14.3 Å². The van der Waals surface area contributed by atoms with Gasteiger partial charge in [0.2, 0.25) is 0 Å². The number of benzene rings is 1. The molecule has 0 fully saturated rings. The normalized spacial score (nSPS) is 10.8. The molecule has 1 amide bonds. The van der Waals surface area contributed by atoms with Crippen LogP contribution in [0.3, 0.4) is 0 Å². The fraction of sp³-hybridized carbons (Fsp3) is 0.176. The van der Waals surface area contributed by atoms with Crippen molar-refractivity contribution in [1.29, 1.82) is 5.26 Å². The van der Waals surface area contributed by atoms with Gasteiger partial charge in [0.1, 0.15) is 23.1 Å². The molecule has 0 aliphatic carbocycles. The van der Waals surface area contributed by atoms with Crippen LogP contribution in [-0.2, 0) is 4.79 Å². The van der Waals surface area contributed by atoms with Gasteiger partial charge in [-0.2, -0.15) is 5.26 Å². The molecule has 2 rings (SSSR count). The number of amides is 1. The van der Waals surface area contributed by atoms with Crippen molar-refractivity contribution in [3.05, 3.63) is 45.7 Å². The lowest BCUT2D eigenvalue weighted by Crippen LogP contribution is -2.14. The smallest absolute Gasteiger partial charge is 0.266 e. The van der Waals surface area contributed by atoms with Crippen LogP contribution >= 0.6 is 11.3 Å². The minimum atomic E-state index is -0.495. The van der Waals surface area contributed by atoms with E-state index in [-0.39, 0.29) is 5.57 Å². The summed E-state index contributed by atoms with van der Waals surface area (Å²) in [5.74, 6) is 0.575. The van der Waals surface area contributed by atoms with Crippen LogP contribution in [0.4, 0.5) is 5.69 Å². The summed E-state index contributed by atoms with van der Waals surface area (Å²) < 4.78 is 10.3. The van der Waals surface area contributed by atoms with Gasteiger partial charge in [-0.15, -0.1) is 11.3 Å². The molecule has 0 saturated heterocycles. The molecule has 1 aromatic heterocycles. The summed E-state index contributed by atoms with van der Waals surface area (Å²) in [5.41, 5.74) is 0.470. The molecule has 0 radical (unpaired) electrons. The Morgan fingerprint density at radius 3 is 2.61 bits per heavy atom. The topological polar surface area (TPSA) is 71.3 Å². The Morgan fingerprint density at radius 2 is 2.04 bits per heavy atom. The quantitative estimate of drug-likeness (QED) is 0.672. The number of aryl methyl sites for hydroxylation is 1. The maximum Gasteiger partial charge on any atom is 0.266 e. The van der Waals surface area contributed by atoms with Crippen molar-refractivity contribution in [2.24, 2.45) is 0 Å². The van der Waals surface area contributed by atoms with Gasteiger partial charge in [0.25, 0.3) is 5.91 Å². The van der Waals surface area contributed by atoms with Gasteiger partial charge in [-0.05, 0) is 37.3 Å². The number of nitrogens with one attached hydrogen (secondary N) is 1. The molecule has 2 aromatic rings. The summed E-state index contributed by atoms with van der Waals surface area (Å²) in [5, 5.41) is 11.9. The summed E-state index contributed by atoms with van der Waals surface area (Å²) in [7, 11) is 3.04. The molecular formula is C17H16N2O3S. The molecule has 1 aromatic carbocycles. The van der Waals surface area contributed by atoms with Crippen molar-refractivity contribution >= 4 is 29.0 Å². The number of hydrogen-bond acceptors (Lipinski definition) is 5. The second kappa shape index (κ2) is 7.47. The van der Waals surface area contributed by atoms with Gasteiger partial charge in [0, 0.05) is 15.8 Å². The van der Waals surface area contributed by atoms with Crippen LogP contribution in [-0.4, -0.2) is 20.1 Å². The molecule has 1 heterocycles. The largest absolute Gasteiger partial charge is 0.497 e. The number of nitriles is 1. The van der Waals surface area contributed by atoms with E-state index in [1.165, 1.54) is 25.6 Å². The van der Waals surface area contributed by atoms with E-state index in [0.717, 1.165) is 9.75 Å². The summed E-state index contributed by atoms with van der Waals surface area (Å²) in [4.78, 5) is 14.3. The van der Waals surface area contributed by atoms with E-state index in [4.69, 9.17) is 9.47 Å². The van der Waals surface area contributed by atoms with E-state index in [2.05, 4.69) is 5.32 Å². The molecule has 6 heteroatoms. The SMILES string of the molecule is COc1ccc(OC)c(NC(=O)/C(C#N)=C/c2ccc(C)s2)c1. The first kappa shape index (κ1) is 16.6. The van der Waals surface area contributed by atoms with Gasteiger partial charge < -0.3 is 14.8 Å². The van der Waals surface area contributed by atoms with Crippen LogP contribution in [0, 0.1) is 18.3 Å². The number of thiophene rings is 1. The third kappa shape index (κ3) is 4.11. The first-order valence-electron chi connectivity index (χ1n) is 6.79. The van der Waals surface area contributed by atoms with Gasteiger partial charge in [-0.1, -0.05) is 0 Å². The molecule has 0 aliphatic rings. The number of nitrogens with zero attached hydrogens (tertiary/aromatic N) is 1. The Labute approximate surface area is 138 Å². The lowest BCUT2D eigenvalue weighted by atomic mass is 10.2. The molecule has 0 atom stereocenters. The lowest BCUT2D eigenvalue weighted by molar-refractivity contribution is -0.112. The molecule has 0 unspecified atom stereocenters. The second-order valence-electron chi connectivity index (χ2n) is 4.64. The monoisotopic (exact) mass is 328 g/mol. The maximum absolute atomic E-state index is 12.3. The van der Waals surface area contributed by atoms with E-state index >= 15 is 0 Å². The van der Waals surface area contributed by atoms with Gasteiger partial charge in [0.15, 0.2) is 0 Å². The number of methoxy groups -OCH3 is 2. The number of carbonyl (C=O) groups is 1. The second-order valence-corrected chi connectivity index (χ2v) is 5.96. The van der Waals surface area contributed by atoms with Crippen molar-refractivity contribution in [2.45, 2.75) is 6.92 Å². The highest BCUT2D eigenvalue weighted by Crippen LogP contribution is 2.29. The van der Waals surface area contributed by atoms with Crippen molar-refractivity contribution in [3.63, 3.8) is 0 Å². The van der Waals surface area contributed by atoms with Crippen molar-refractivity contribution in [1.82, 2.24) is 0 Å². The van der Waals surface area contributed by atoms with Crippen LogP contribution in [0.2, 0.25) is 0 Å². The fourth-order valence-corrected chi connectivity index (χ4v) is 2.74. The molecule has 0 aliphatic heterocycles. The lowest BCUT2D eigenvalue weighted by Gasteiger charge is -2.11. The number of ether oxygens (including phenoxy) is 2. The molecule has 23 heavy (non-hydrogen) atoms. The van der Waals surface area contributed by atoms with E-state index in [0.29, 0.717) is 17.2 Å². The van der Waals surface area contributed by atoms with Crippen LogP contribution in [0.5, 0.6) is 11.5 Å². The van der Waals surface area contributed by atoms with Crippen LogP contribution in [0.25, 0.3) is 6.08 Å². The predicted octanol–water partition coefficient (Wildman–Crippen LogP) is 3.62. The number of rotatable bonds is 5. The Bertz CT molecular complexity index is 787. The zero-order valence-corrected chi connectivity index (χ0v) is 13.9. The van der Waals surface area contributed by atoms with Crippen LogP contribution in [0.15, 0.2) is 35.9 Å². The first-order chi connectivity index (χ1) is 11.1. The molecule has 0 spiro atoms. The summed E-state index contributed by atoms with van der Waals surface area (Å²) >= 11 is 1.52. The highest BCUT2D eigenvalue weighted by molar-refractivity contribution is 7.12. The molecular weight excluding hydrogens is 312 g/mol. The van der Waals surface area contributed by atoms with E-state index in [1.54, 1.807) is 24.3 Å². The van der Waals surface area contributed by atoms with Gasteiger partial charge in [-0.3, -0.25) is 4.79 Å². The van der Waals surface area contributed by atoms with Crippen molar-refractivity contribution in [2.75, 3.05) is 19.5 Å². The number of hydrogen-bond donors (Lipinski definition) is 1. The van der Waals surface area contributed by atoms with Crippen molar-refractivity contribution in [3.8, 4) is 17.6 Å². The minimum absolute atomic E-state index is 0.0247. The summed E-state index contributed by atoms with van der Waals surface area (Å²) in [6.45, 7) is 1.97. The Kier molecular flexibility index (Phi) is 5.39. The standard InChI is InChI=1S/C17H16N2O3S/c1-11-4-6-14(23-11)8-12(10-18)17(20)19-15-9-13(21-2)5-7-16(15)22-3/h4-9H,1-3H3,(H,19,20)/b12-8+. The number of carbonyl (C=O) groups excluding carboxylic acids is 1. The third-order valence-electron chi connectivity index (χ3n) is 3.07. The molecule has 0 saturated carbocycles. The van der Waals surface area contributed by atoms with Gasteiger partial charge >= 0.3 is 0 Å². The average Bonchev–Trinajstić information content (AvgIpc) is 2.97. The fourth-order valence-electron chi connectivity index (χ4n) is 1.92. The molecule has 5 nitrogen and oxygen atoms in total. The van der Waals surface area contributed by atoms with E-state index in [1.807, 2.05) is 25.1 Å². The van der Waals surface area contributed by atoms with Gasteiger partial charge in [-0.25, -0.2) is 0 Å². The van der Waals surface area contributed by atoms with Crippen LogP contribution < -0.4 is 14.8 Å².